The smallest absolute Gasteiger partial charge is 0.223 e. The number of benzene rings is 1. The van der Waals surface area contributed by atoms with Gasteiger partial charge in [0.05, 0.1) is 0 Å². The van der Waals surface area contributed by atoms with Crippen LogP contribution in [0.1, 0.15) is 24.3 Å². The van der Waals surface area contributed by atoms with Crippen molar-refractivity contribution in [3.8, 4) is 11.4 Å². The highest BCUT2D eigenvalue weighted by molar-refractivity contribution is 5.76. The van der Waals surface area contributed by atoms with Crippen LogP contribution in [0.5, 0.6) is 0 Å². The first kappa shape index (κ1) is 14.7. The number of carbonyl (C=O) groups excluding carboxylic acids is 1. The average molecular weight is 300 g/mol. The minimum absolute atomic E-state index is 0.117. The van der Waals surface area contributed by atoms with Gasteiger partial charge in [-0.15, -0.1) is 0 Å². The van der Waals surface area contributed by atoms with Gasteiger partial charge in [0.25, 0.3) is 0 Å². The van der Waals surface area contributed by atoms with Crippen LogP contribution in [0.25, 0.3) is 11.4 Å². The van der Waals surface area contributed by atoms with Crippen molar-refractivity contribution in [2.45, 2.75) is 26.3 Å². The average Bonchev–Trinajstić information content (AvgIpc) is 3.17. The van der Waals surface area contributed by atoms with Gasteiger partial charge in [0, 0.05) is 25.5 Å². The van der Waals surface area contributed by atoms with Crippen LogP contribution in [-0.4, -0.2) is 29.1 Å². The van der Waals surface area contributed by atoms with Crippen molar-refractivity contribution in [2.24, 2.45) is 5.92 Å². The van der Waals surface area contributed by atoms with Gasteiger partial charge < -0.3 is 15.2 Å². The second-order valence-corrected chi connectivity index (χ2v) is 5.67. The lowest BCUT2D eigenvalue weighted by atomic mass is 10.0. The van der Waals surface area contributed by atoms with E-state index in [1.54, 1.807) is 6.92 Å². The Morgan fingerprint density at radius 3 is 2.86 bits per heavy atom. The Kier molecular flexibility index (Phi) is 4.48. The fourth-order valence-electron chi connectivity index (χ4n) is 2.61. The monoisotopic (exact) mass is 300 g/mol. The molecule has 0 saturated carbocycles. The molecule has 1 aromatic heterocycles. The molecule has 1 atom stereocenters. The van der Waals surface area contributed by atoms with E-state index in [0.29, 0.717) is 30.6 Å². The van der Waals surface area contributed by atoms with Crippen LogP contribution in [0.15, 0.2) is 28.8 Å². The second kappa shape index (κ2) is 6.70. The van der Waals surface area contributed by atoms with Gasteiger partial charge in [-0.25, -0.2) is 0 Å². The minimum atomic E-state index is 0.117. The van der Waals surface area contributed by atoms with Crippen LogP contribution in [0.2, 0.25) is 0 Å². The van der Waals surface area contributed by atoms with Crippen molar-refractivity contribution in [2.75, 3.05) is 13.1 Å². The molecule has 0 spiro atoms. The quantitative estimate of drug-likeness (QED) is 0.878. The normalized spacial score (nSPS) is 17.6. The van der Waals surface area contributed by atoms with Gasteiger partial charge >= 0.3 is 0 Å². The van der Waals surface area contributed by atoms with Crippen molar-refractivity contribution in [3.05, 3.63) is 35.7 Å². The van der Waals surface area contributed by atoms with Crippen LogP contribution in [0, 0.1) is 12.8 Å². The molecule has 0 aliphatic carbocycles. The maximum atomic E-state index is 11.9. The summed E-state index contributed by atoms with van der Waals surface area (Å²) < 4.78 is 4.97. The lowest BCUT2D eigenvalue weighted by Crippen LogP contribution is -2.25. The van der Waals surface area contributed by atoms with Gasteiger partial charge in [0.1, 0.15) is 0 Å². The third kappa shape index (κ3) is 3.71. The van der Waals surface area contributed by atoms with Crippen molar-refractivity contribution in [1.82, 2.24) is 20.8 Å². The number of carbonyl (C=O) groups is 1. The first-order chi connectivity index (χ1) is 10.7. The van der Waals surface area contributed by atoms with Crippen molar-refractivity contribution < 1.29 is 9.32 Å². The number of aromatic nitrogens is 2. The molecular weight excluding hydrogens is 280 g/mol. The summed E-state index contributed by atoms with van der Waals surface area (Å²) >= 11 is 0. The summed E-state index contributed by atoms with van der Waals surface area (Å²) in [6, 6.07) is 7.82. The Hall–Kier alpha value is -2.21. The molecule has 1 unspecified atom stereocenters. The van der Waals surface area contributed by atoms with Crippen LogP contribution in [0.3, 0.4) is 0 Å². The van der Waals surface area contributed by atoms with Gasteiger partial charge in [-0.05, 0) is 31.0 Å². The first-order valence-electron chi connectivity index (χ1n) is 7.58. The molecule has 1 saturated heterocycles. The van der Waals surface area contributed by atoms with E-state index in [1.807, 2.05) is 24.3 Å². The SMILES string of the molecule is Cc1nc(-c2ccc(CNC(=O)CC3CCNC3)cc2)no1. The van der Waals surface area contributed by atoms with E-state index in [-0.39, 0.29) is 5.91 Å². The standard InChI is InChI=1S/C16H20N4O2/c1-11-19-16(20-22-11)14-4-2-12(3-5-14)10-18-15(21)8-13-6-7-17-9-13/h2-5,13,17H,6-10H2,1H3,(H,18,21). The van der Waals surface area contributed by atoms with E-state index in [4.69, 9.17) is 4.52 Å². The summed E-state index contributed by atoms with van der Waals surface area (Å²) in [7, 11) is 0. The molecular formula is C16H20N4O2. The first-order valence-corrected chi connectivity index (χ1v) is 7.58. The van der Waals surface area contributed by atoms with Gasteiger partial charge in [0.2, 0.25) is 17.6 Å². The van der Waals surface area contributed by atoms with Crippen molar-refractivity contribution in [1.29, 1.82) is 0 Å². The number of amides is 1. The van der Waals surface area contributed by atoms with Gasteiger partial charge in [-0.3, -0.25) is 4.79 Å². The number of hydrogen-bond donors (Lipinski definition) is 2. The van der Waals surface area contributed by atoms with Gasteiger partial charge in [-0.1, -0.05) is 29.4 Å². The van der Waals surface area contributed by atoms with Crippen molar-refractivity contribution >= 4 is 5.91 Å². The Balaban J connectivity index is 1.51. The predicted octanol–water partition coefficient (Wildman–Crippen LogP) is 1.66. The third-order valence-electron chi connectivity index (χ3n) is 3.87. The van der Waals surface area contributed by atoms with Crippen LogP contribution in [-0.2, 0) is 11.3 Å². The molecule has 0 radical (unpaired) electrons. The van der Waals surface area contributed by atoms with Crippen LogP contribution >= 0.6 is 0 Å². The van der Waals surface area contributed by atoms with Gasteiger partial charge in [-0.2, -0.15) is 4.98 Å². The molecule has 2 heterocycles. The van der Waals surface area contributed by atoms with Crippen molar-refractivity contribution in [3.63, 3.8) is 0 Å². The van der Waals surface area contributed by atoms with E-state index in [9.17, 15) is 4.79 Å². The molecule has 1 aliphatic rings. The summed E-state index contributed by atoms with van der Waals surface area (Å²) in [5.74, 6) is 1.73. The van der Waals surface area contributed by atoms with Crippen LogP contribution < -0.4 is 10.6 Å². The minimum Gasteiger partial charge on any atom is -0.352 e. The lowest BCUT2D eigenvalue weighted by molar-refractivity contribution is -0.122. The Morgan fingerprint density at radius 1 is 1.41 bits per heavy atom. The summed E-state index contributed by atoms with van der Waals surface area (Å²) in [6.07, 6.45) is 1.69. The molecule has 6 nitrogen and oxygen atoms in total. The summed E-state index contributed by atoms with van der Waals surface area (Å²) in [5.41, 5.74) is 1.96. The molecule has 1 amide bonds. The van der Waals surface area contributed by atoms with E-state index in [1.165, 1.54) is 0 Å². The van der Waals surface area contributed by atoms with E-state index in [0.717, 1.165) is 30.6 Å². The van der Waals surface area contributed by atoms with E-state index in [2.05, 4.69) is 20.8 Å². The highest BCUT2D eigenvalue weighted by Gasteiger charge is 2.17. The Labute approximate surface area is 129 Å². The summed E-state index contributed by atoms with van der Waals surface area (Å²) in [4.78, 5) is 16.1. The van der Waals surface area contributed by atoms with Crippen LogP contribution in [0.4, 0.5) is 0 Å². The molecule has 0 bridgehead atoms. The molecule has 1 aliphatic heterocycles. The molecule has 116 valence electrons. The largest absolute Gasteiger partial charge is 0.352 e. The Morgan fingerprint density at radius 2 is 2.23 bits per heavy atom. The zero-order valence-corrected chi connectivity index (χ0v) is 12.6. The number of nitrogens with one attached hydrogen (secondary N) is 2. The summed E-state index contributed by atoms with van der Waals surface area (Å²) in [6.45, 7) is 4.28. The number of aryl methyl sites for hydroxylation is 1. The Bertz CT molecular complexity index is 630. The molecule has 2 aromatic rings. The topological polar surface area (TPSA) is 80.0 Å². The zero-order chi connectivity index (χ0) is 15.4. The second-order valence-electron chi connectivity index (χ2n) is 5.67. The summed E-state index contributed by atoms with van der Waals surface area (Å²) in [5, 5.41) is 10.1. The van der Waals surface area contributed by atoms with E-state index < -0.39 is 0 Å². The van der Waals surface area contributed by atoms with E-state index >= 15 is 0 Å². The molecule has 6 heteroatoms. The number of nitrogens with zero attached hydrogens (tertiary/aromatic N) is 2. The maximum Gasteiger partial charge on any atom is 0.223 e. The number of hydrogen-bond acceptors (Lipinski definition) is 5. The fourth-order valence-corrected chi connectivity index (χ4v) is 2.61. The third-order valence-corrected chi connectivity index (χ3v) is 3.87. The highest BCUT2D eigenvalue weighted by Crippen LogP contribution is 2.16. The predicted molar refractivity (Wildman–Crippen MR) is 81.9 cm³/mol. The number of rotatable bonds is 5. The molecule has 2 N–H and O–H groups in total. The highest BCUT2D eigenvalue weighted by atomic mass is 16.5. The maximum absolute atomic E-state index is 11.9. The molecule has 1 aromatic carbocycles. The molecule has 22 heavy (non-hydrogen) atoms. The fraction of sp³-hybridized carbons (Fsp3) is 0.438. The molecule has 3 rings (SSSR count). The lowest BCUT2D eigenvalue weighted by Gasteiger charge is -2.09. The molecule has 1 fully saturated rings. The van der Waals surface area contributed by atoms with Gasteiger partial charge in [0.15, 0.2) is 0 Å². The zero-order valence-electron chi connectivity index (χ0n) is 12.6.